The highest BCUT2D eigenvalue weighted by molar-refractivity contribution is 5.91. The Bertz CT molecular complexity index is 404. The maximum Gasteiger partial charge on any atom is 0.337 e. The molecule has 0 atom stereocenters. The highest BCUT2D eigenvalue weighted by Gasteiger charge is 2.06. The molecule has 0 aliphatic carbocycles. The third-order valence-corrected chi connectivity index (χ3v) is 1.64. The minimum atomic E-state index is -0.962. The molecule has 92 valence electrons. The van der Waals surface area contributed by atoms with Crippen molar-refractivity contribution in [1.82, 2.24) is 9.88 Å². The zero-order valence-electron chi connectivity index (χ0n) is 9.44. The topological polar surface area (TPSA) is 103 Å². The van der Waals surface area contributed by atoms with Crippen molar-refractivity contribution in [3.8, 4) is 0 Å². The Morgan fingerprint density at radius 2 is 2.12 bits per heavy atom. The maximum absolute atomic E-state index is 10.8. The van der Waals surface area contributed by atoms with Crippen LogP contribution in [-0.2, 0) is 0 Å². The summed E-state index contributed by atoms with van der Waals surface area (Å²) in [5, 5.41) is 16.7. The van der Waals surface area contributed by atoms with E-state index in [1.54, 1.807) is 24.5 Å². The molecular formula is C10H13N3O4. The number of aromatic nitrogens is 1. The lowest BCUT2D eigenvalue weighted by molar-refractivity contribution is 0.0696. The standard InChI is InChI=1S/C10H12N2O2.HNO2/c1-12(2)6-4-8-3-5-11-7-9(8)10(13)14;2-1-3/h3-7H,1-2H3,(H,13,14);(H,2,3)/b6-4+;. The smallest absolute Gasteiger partial charge is 0.337 e. The first kappa shape index (κ1) is 14.6. The highest BCUT2D eigenvalue weighted by atomic mass is 16.6. The zero-order valence-corrected chi connectivity index (χ0v) is 9.44. The van der Waals surface area contributed by atoms with Gasteiger partial charge in [-0.25, -0.2) is 4.79 Å². The molecule has 0 aromatic carbocycles. The van der Waals surface area contributed by atoms with Crippen molar-refractivity contribution in [2.75, 3.05) is 14.1 Å². The molecule has 7 nitrogen and oxygen atoms in total. The Kier molecular flexibility index (Phi) is 6.68. The number of carboxylic acid groups (broad SMARTS) is 1. The first-order valence-corrected chi connectivity index (χ1v) is 4.51. The molecule has 0 saturated carbocycles. The van der Waals surface area contributed by atoms with Gasteiger partial charge >= 0.3 is 5.97 Å². The van der Waals surface area contributed by atoms with Crippen molar-refractivity contribution in [3.05, 3.63) is 40.7 Å². The Balaban J connectivity index is 0.000000770. The monoisotopic (exact) mass is 239 g/mol. The van der Waals surface area contributed by atoms with E-state index in [2.05, 4.69) is 4.98 Å². The molecular weight excluding hydrogens is 226 g/mol. The summed E-state index contributed by atoms with van der Waals surface area (Å²) in [6.07, 6.45) is 6.45. The largest absolute Gasteiger partial charge is 0.478 e. The molecule has 0 aliphatic heterocycles. The van der Waals surface area contributed by atoms with Crippen LogP contribution in [0, 0.1) is 4.91 Å². The van der Waals surface area contributed by atoms with E-state index < -0.39 is 5.97 Å². The minimum Gasteiger partial charge on any atom is -0.478 e. The highest BCUT2D eigenvalue weighted by Crippen LogP contribution is 2.08. The van der Waals surface area contributed by atoms with Crippen LogP contribution in [0.15, 0.2) is 30.0 Å². The van der Waals surface area contributed by atoms with Crippen LogP contribution in [0.2, 0.25) is 0 Å². The number of rotatable bonds is 3. The lowest BCUT2D eigenvalue weighted by atomic mass is 10.1. The molecule has 7 heteroatoms. The Morgan fingerprint density at radius 1 is 1.53 bits per heavy atom. The van der Waals surface area contributed by atoms with Crippen LogP contribution < -0.4 is 0 Å². The molecule has 1 heterocycles. The van der Waals surface area contributed by atoms with Gasteiger partial charge in [-0.2, -0.15) is 0 Å². The number of hydrogen-bond acceptors (Lipinski definition) is 5. The van der Waals surface area contributed by atoms with Gasteiger partial charge in [-0.05, 0) is 23.9 Å². The molecule has 0 unspecified atom stereocenters. The van der Waals surface area contributed by atoms with E-state index in [-0.39, 0.29) is 5.56 Å². The van der Waals surface area contributed by atoms with Crippen molar-refractivity contribution in [2.24, 2.45) is 5.34 Å². The van der Waals surface area contributed by atoms with Gasteiger partial charge < -0.3 is 15.2 Å². The van der Waals surface area contributed by atoms with E-state index in [1.807, 2.05) is 19.0 Å². The predicted octanol–water partition coefficient (Wildman–Crippen LogP) is 1.45. The zero-order chi connectivity index (χ0) is 13.3. The van der Waals surface area contributed by atoms with E-state index in [4.69, 9.17) is 15.2 Å². The first-order chi connectivity index (χ1) is 8.02. The van der Waals surface area contributed by atoms with Gasteiger partial charge in [-0.1, -0.05) is 0 Å². The summed E-state index contributed by atoms with van der Waals surface area (Å²) in [6.45, 7) is 0. The molecule has 0 fully saturated rings. The molecule has 2 N–H and O–H groups in total. The Morgan fingerprint density at radius 3 is 2.59 bits per heavy atom. The number of nitrogens with zero attached hydrogens (tertiary/aromatic N) is 3. The Labute approximate surface area is 98.0 Å². The second-order valence-corrected chi connectivity index (χ2v) is 3.13. The molecule has 17 heavy (non-hydrogen) atoms. The van der Waals surface area contributed by atoms with Gasteiger partial charge in [-0.15, -0.1) is 4.91 Å². The van der Waals surface area contributed by atoms with Crippen LogP contribution in [0.1, 0.15) is 15.9 Å². The van der Waals surface area contributed by atoms with Gasteiger partial charge in [0.05, 0.1) is 5.56 Å². The fourth-order valence-electron chi connectivity index (χ4n) is 0.959. The van der Waals surface area contributed by atoms with E-state index in [1.165, 1.54) is 11.5 Å². The minimum absolute atomic E-state index is 0.214. The molecule has 0 bridgehead atoms. The molecule has 0 spiro atoms. The number of carbonyl (C=O) groups is 1. The van der Waals surface area contributed by atoms with Gasteiger partial charge in [-0.3, -0.25) is 4.98 Å². The lowest BCUT2D eigenvalue weighted by Gasteiger charge is -2.04. The predicted molar refractivity (Wildman–Crippen MR) is 61.5 cm³/mol. The molecule has 0 aliphatic rings. The SMILES string of the molecule is CN(C)/C=C/c1ccncc1C(=O)O.O=NO. The van der Waals surface area contributed by atoms with Gasteiger partial charge in [0.15, 0.2) is 5.34 Å². The van der Waals surface area contributed by atoms with Crippen molar-refractivity contribution in [3.63, 3.8) is 0 Å². The van der Waals surface area contributed by atoms with Crippen LogP contribution in [0.25, 0.3) is 6.08 Å². The molecule has 0 radical (unpaired) electrons. The molecule has 1 rings (SSSR count). The van der Waals surface area contributed by atoms with E-state index >= 15 is 0 Å². The molecule has 1 aromatic rings. The summed E-state index contributed by atoms with van der Waals surface area (Å²) < 4.78 is 0. The summed E-state index contributed by atoms with van der Waals surface area (Å²) >= 11 is 0. The van der Waals surface area contributed by atoms with Gasteiger partial charge in [0, 0.05) is 26.5 Å². The average Bonchev–Trinajstić information content (AvgIpc) is 2.27. The first-order valence-electron chi connectivity index (χ1n) is 4.51. The van der Waals surface area contributed by atoms with Crippen molar-refractivity contribution in [1.29, 1.82) is 0 Å². The molecule has 0 saturated heterocycles. The maximum atomic E-state index is 10.8. The van der Waals surface area contributed by atoms with Crippen LogP contribution in [0.5, 0.6) is 0 Å². The van der Waals surface area contributed by atoms with Crippen molar-refractivity contribution >= 4 is 12.0 Å². The van der Waals surface area contributed by atoms with Gasteiger partial charge in [0.25, 0.3) is 0 Å². The van der Waals surface area contributed by atoms with Crippen LogP contribution in [-0.4, -0.2) is 40.3 Å². The third kappa shape index (κ3) is 5.88. The van der Waals surface area contributed by atoms with E-state index in [0.29, 0.717) is 5.56 Å². The van der Waals surface area contributed by atoms with E-state index in [0.717, 1.165) is 0 Å². The quantitative estimate of drug-likeness (QED) is 0.611. The Hall–Kier alpha value is -2.44. The number of aromatic carboxylic acids is 1. The summed E-state index contributed by atoms with van der Waals surface area (Å²) in [4.78, 5) is 24.5. The molecule has 1 aromatic heterocycles. The summed E-state index contributed by atoms with van der Waals surface area (Å²) in [5.41, 5.74) is 0.867. The van der Waals surface area contributed by atoms with Crippen LogP contribution in [0.4, 0.5) is 0 Å². The van der Waals surface area contributed by atoms with Gasteiger partial charge in [0.1, 0.15) is 0 Å². The van der Waals surface area contributed by atoms with Gasteiger partial charge in [0.2, 0.25) is 0 Å². The van der Waals surface area contributed by atoms with E-state index in [9.17, 15) is 4.79 Å². The van der Waals surface area contributed by atoms with Crippen LogP contribution >= 0.6 is 0 Å². The fourth-order valence-corrected chi connectivity index (χ4v) is 0.959. The third-order valence-electron chi connectivity index (χ3n) is 1.64. The number of carboxylic acids is 1. The number of hydrogen-bond donors (Lipinski definition) is 2. The summed E-state index contributed by atoms with van der Waals surface area (Å²) in [5.74, 6) is -0.962. The lowest BCUT2D eigenvalue weighted by Crippen LogP contribution is -2.02. The second-order valence-electron chi connectivity index (χ2n) is 3.13. The molecule has 0 amide bonds. The number of pyridine rings is 1. The normalized spacial score (nSPS) is 9.29. The average molecular weight is 239 g/mol. The van der Waals surface area contributed by atoms with Crippen LogP contribution in [0.3, 0.4) is 0 Å². The van der Waals surface area contributed by atoms with Crippen molar-refractivity contribution in [2.45, 2.75) is 0 Å². The fraction of sp³-hybridized carbons (Fsp3) is 0.200. The van der Waals surface area contributed by atoms with Crippen molar-refractivity contribution < 1.29 is 15.1 Å². The summed E-state index contributed by atoms with van der Waals surface area (Å²) in [6, 6.07) is 1.67. The second kappa shape index (κ2) is 7.80. The summed E-state index contributed by atoms with van der Waals surface area (Å²) in [7, 11) is 3.75.